The minimum Gasteiger partial charge on any atom is -0.376 e. The lowest BCUT2D eigenvalue weighted by atomic mass is 10.2. The molecule has 0 spiro atoms. The van der Waals surface area contributed by atoms with Gasteiger partial charge in [-0.2, -0.15) is 10.7 Å². The second-order valence-electron chi connectivity index (χ2n) is 3.60. The van der Waals surface area contributed by atoms with Crippen LogP contribution in [-0.2, 0) is 4.74 Å². The van der Waals surface area contributed by atoms with E-state index in [0.29, 0.717) is 0 Å². The summed E-state index contributed by atoms with van der Waals surface area (Å²) in [5, 5.41) is 12.2. The van der Waals surface area contributed by atoms with Gasteiger partial charge in [0.25, 0.3) is 0 Å². The van der Waals surface area contributed by atoms with E-state index in [1.807, 2.05) is 5.01 Å². The summed E-state index contributed by atoms with van der Waals surface area (Å²) in [5.74, 6) is 0. The van der Waals surface area contributed by atoms with E-state index in [4.69, 9.17) is 4.74 Å². The number of nitrogens with zero attached hydrogens (tertiary/aromatic N) is 5. The first-order chi connectivity index (χ1) is 7.93. The van der Waals surface area contributed by atoms with Crippen LogP contribution in [0.5, 0.6) is 0 Å². The standard InChI is InChI=1S/C8H11N6OS/c1-2-7(15-3-1)5-13-6-10-11-14(13)8-4-9-12-16-8/h4,7,11H,1-3,5H2. The molecule has 0 bridgehead atoms. The molecular weight excluding hydrogens is 228 g/mol. The largest absolute Gasteiger partial charge is 0.376 e. The van der Waals surface area contributed by atoms with Crippen LogP contribution in [0, 0.1) is 0 Å². The second-order valence-corrected chi connectivity index (χ2v) is 4.36. The first kappa shape index (κ1) is 9.79. The van der Waals surface area contributed by atoms with Gasteiger partial charge >= 0.3 is 0 Å². The SMILES string of the molecule is [C]1=NNN(c2cnns2)N1CC1CCCO1. The molecule has 1 radical (unpaired) electrons. The Labute approximate surface area is 96.8 Å². The molecule has 1 aromatic heterocycles. The van der Waals surface area contributed by atoms with Crippen molar-refractivity contribution >= 4 is 22.9 Å². The molecule has 2 aliphatic rings. The summed E-state index contributed by atoms with van der Waals surface area (Å²) >= 11 is 1.30. The molecule has 16 heavy (non-hydrogen) atoms. The number of ether oxygens (including phenoxy) is 1. The molecule has 2 aliphatic heterocycles. The van der Waals surface area contributed by atoms with Gasteiger partial charge in [0.2, 0.25) is 6.34 Å². The lowest BCUT2D eigenvalue weighted by Gasteiger charge is -2.27. The Morgan fingerprint density at radius 1 is 1.69 bits per heavy atom. The highest BCUT2D eigenvalue weighted by atomic mass is 32.1. The smallest absolute Gasteiger partial charge is 0.217 e. The molecule has 0 saturated carbocycles. The third-order valence-corrected chi connectivity index (χ3v) is 3.15. The van der Waals surface area contributed by atoms with Crippen LogP contribution in [0.1, 0.15) is 12.8 Å². The molecule has 1 fully saturated rings. The molecule has 85 valence electrons. The van der Waals surface area contributed by atoms with Gasteiger partial charge in [0.15, 0.2) is 5.00 Å². The summed E-state index contributed by atoms with van der Waals surface area (Å²) < 4.78 is 9.39. The summed E-state index contributed by atoms with van der Waals surface area (Å²) in [4.78, 5) is 0. The predicted octanol–water partition coefficient (Wildman–Crippen LogP) is 0.0790. The molecule has 0 amide bonds. The van der Waals surface area contributed by atoms with Crippen LogP contribution in [0.4, 0.5) is 5.00 Å². The first-order valence-electron chi connectivity index (χ1n) is 5.11. The molecule has 1 aromatic rings. The highest BCUT2D eigenvalue weighted by Crippen LogP contribution is 2.20. The topological polar surface area (TPSA) is 65.9 Å². The average Bonchev–Trinajstić information content (AvgIpc) is 2.98. The van der Waals surface area contributed by atoms with Crippen LogP contribution >= 0.6 is 11.5 Å². The fourth-order valence-corrected chi connectivity index (χ4v) is 2.24. The summed E-state index contributed by atoms with van der Waals surface area (Å²) in [6.45, 7) is 1.60. The number of rotatable bonds is 3. The van der Waals surface area contributed by atoms with Gasteiger partial charge in [-0.15, -0.1) is 10.2 Å². The third kappa shape index (κ3) is 1.81. The van der Waals surface area contributed by atoms with E-state index < -0.39 is 0 Å². The zero-order valence-corrected chi connectivity index (χ0v) is 9.35. The summed E-state index contributed by atoms with van der Waals surface area (Å²) in [5.41, 5.74) is 2.83. The van der Waals surface area contributed by atoms with Crippen LogP contribution in [0.15, 0.2) is 11.3 Å². The molecular formula is C8H11N6OS. The van der Waals surface area contributed by atoms with E-state index in [9.17, 15) is 0 Å². The first-order valence-corrected chi connectivity index (χ1v) is 5.88. The normalized spacial score (nSPS) is 24.1. The van der Waals surface area contributed by atoms with Gasteiger partial charge in [-0.25, -0.2) is 5.01 Å². The number of aromatic nitrogens is 2. The lowest BCUT2D eigenvalue weighted by molar-refractivity contribution is 0.0901. The average molecular weight is 239 g/mol. The van der Waals surface area contributed by atoms with E-state index in [0.717, 1.165) is 31.0 Å². The zero-order chi connectivity index (χ0) is 10.8. The molecule has 3 rings (SSSR count). The Bertz CT molecular complexity index is 363. The minimum atomic E-state index is 0.256. The Morgan fingerprint density at radius 2 is 2.69 bits per heavy atom. The van der Waals surface area contributed by atoms with E-state index >= 15 is 0 Å². The third-order valence-electron chi connectivity index (χ3n) is 2.51. The molecule has 1 atom stereocenters. The molecule has 0 aliphatic carbocycles. The maximum Gasteiger partial charge on any atom is 0.217 e. The van der Waals surface area contributed by atoms with Crippen molar-refractivity contribution in [1.29, 1.82) is 0 Å². The van der Waals surface area contributed by atoms with Gasteiger partial charge in [0, 0.05) is 18.1 Å². The van der Waals surface area contributed by atoms with Gasteiger partial charge in [-0.1, -0.05) is 4.49 Å². The Kier molecular flexibility index (Phi) is 2.58. The van der Waals surface area contributed by atoms with Crippen molar-refractivity contribution in [3.63, 3.8) is 0 Å². The van der Waals surface area contributed by atoms with E-state index in [1.54, 1.807) is 11.3 Å². The van der Waals surface area contributed by atoms with Crippen molar-refractivity contribution in [3.8, 4) is 0 Å². The zero-order valence-electron chi connectivity index (χ0n) is 8.54. The fourth-order valence-electron chi connectivity index (χ4n) is 1.75. The van der Waals surface area contributed by atoms with Gasteiger partial charge in [-0.3, -0.25) is 0 Å². The molecule has 0 aromatic carbocycles. The number of hydrogen-bond acceptors (Lipinski definition) is 8. The van der Waals surface area contributed by atoms with Crippen LogP contribution in [0.3, 0.4) is 0 Å². The molecule has 8 heteroatoms. The van der Waals surface area contributed by atoms with E-state index in [1.165, 1.54) is 11.5 Å². The lowest BCUT2D eigenvalue weighted by Crippen LogP contribution is -2.46. The number of hydrazine groups is 2. The Morgan fingerprint density at radius 3 is 3.44 bits per heavy atom. The van der Waals surface area contributed by atoms with Gasteiger partial charge in [0.1, 0.15) is 0 Å². The van der Waals surface area contributed by atoms with Crippen molar-refractivity contribution in [2.24, 2.45) is 5.10 Å². The van der Waals surface area contributed by atoms with Gasteiger partial charge in [-0.05, 0) is 12.8 Å². The van der Waals surface area contributed by atoms with Crippen molar-refractivity contribution < 1.29 is 4.74 Å². The van der Waals surface area contributed by atoms with Gasteiger partial charge in [0.05, 0.1) is 18.8 Å². The predicted molar refractivity (Wildman–Crippen MR) is 58.6 cm³/mol. The van der Waals surface area contributed by atoms with Gasteiger partial charge < -0.3 is 4.74 Å². The highest BCUT2D eigenvalue weighted by molar-refractivity contribution is 7.09. The monoisotopic (exact) mass is 239 g/mol. The van der Waals surface area contributed by atoms with Crippen LogP contribution in [0.2, 0.25) is 0 Å². The Balaban J connectivity index is 1.66. The van der Waals surface area contributed by atoms with Crippen molar-refractivity contribution in [3.05, 3.63) is 6.20 Å². The molecule has 3 heterocycles. The summed E-state index contributed by atoms with van der Waals surface area (Å²) in [7, 11) is 0. The van der Waals surface area contributed by atoms with Crippen molar-refractivity contribution in [2.75, 3.05) is 18.3 Å². The minimum absolute atomic E-state index is 0.256. The van der Waals surface area contributed by atoms with Crippen LogP contribution in [-0.4, -0.2) is 40.2 Å². The molecule has 1 N–H and O–H groups in total. The Hall–Kier alpha value is -1.41. The molecule has 7 nitrogen and oxygen atoms in total. The van der Waals surface area contributed by atoms with E-state index in [2.05, 4.69) is 26.6 Å². The summed E-state index contributed by atoms with van der Waals surface area (Å²) in [6.07, 6.45) is 7.03. The van der Waals surface area contributed by atoms with E-state index in [-0.39, 0.29) is 6.10 Å². The quantitative estimate of drug-likeness (QED) is 0.805. The maximum absolute atomic E-state index is 5.57. The number of nitrogens with one attached hydrogen (secondary N) is 1. The number of hydrogen-bond donors (Lipinski definition) is 1. The van der Waals surface area contributed by atoms with Crippen LogP contribution < -0.4 is 10.7 Å². The number of anilines is 1. The fraction of sp³-hybridized carbons (Fsp3) is 0.625. The maximum atomic E-state index is 5.57. The summed E-state index contributed by atoms with van der Waals surface area (Å²) in [6, 6.07) is 0. The van der Waals surface area contributed by atoms with Crippen molar-refractivity contribution in [1.82, 2.24) is 20.1 Å². The van der Waals surface area contributed by atoms with Crippen LogP contribution in [0.25, 0.3) is 0 Å². The molecule has 1 unspecified atom stereocenters. The molecule has 1 saturated heterocycles. The highest BCUT2D eigenvalue weighted by Gasteiger charge is 2.26. The number of hydrazone groups is 1. The van der Waals surface area contributed by atoms with Crippen molar-refractivity contribution in [2.45, 2.75) is 18.9 Å². The second kappa shape index (κ2) is 4.22.